The zero-order valence-corrected chi connectivity index (χ0v) is 22.2. The van der Waals surface area contributed by atoms with Gasteiger partial charge in [0.25, 0.3) is 0 Å². The number of hydrogen-bond donors (Lipinski definition) is 2. The maximum atomic E-state index is 4.59. The quantitative estimate of drug-likeness (QED) is 0.307. The van der Waals surface area contributed by atoms with Gasteiger partial charge in [0.05, 0.1) is 0 Å². The molecule has 0 bridgehead atoms. The number of guanidine groups is 1. The number of likely N-dealkylation sites (N-methyl/N-ethyl adjacent to an activating group) is 1. The molecule has 7 nitrogen and oxygen atoms in total. The SMILES string of the molecule is CN=C(NCc1ccnc(N2CCN(C)CC2)c1)NCC1CCCN1Cc1ccccc1.I. The zero-order valence-electron chi connectivity index (χ0n) is 19.9. The van der Waals surface area contributed by atoms with E-state index in [1.807, 2.05) is 13.2 Å². The summed E-state index contributed by atoms with van der Waals surface area (Å²) in [5.74, 6) is 1.93. The summed E-state index contributed by atoms with van der Waals surface area (Å²) in [5, 5.41) is 7.02. The van der Waals surface area contributed by atoms with Gasteiger partial charge in [-0.3, -0.25) is 9.89 Å². The Morgan fingerprint density at radius 1 is 1.03 bits per heavy atom. The fourth-order valence-corrected chi connectivity index (χ4v) is 4.55. The van der Waals surface area contributed by atoms with Gasteiger partial charge in [-0.15, -0.1) is 24.0 Å². The third kappa shape index (κ3) is 7.55. The Labute approximate surface area is 215 Å². The second-order valence-electron chi connectivity index (χ2n) is 8.87. The first kappa shape index (κ1) is 25.7. The van der Waals surface area contributed by atoms with Crippen molar-refractivity contribution in [3.63, 3.8) is 0 Å². The van der Waals surface area contributed by atoms with Crippen LogP contribution < -0.4 is 15.5 Å². The molecule has 0 spiro atoms. The van der Waals surface area contributed by atoms with Crippen molar-refractivity contribution in [2.45, 2.75) is 32.0 Å². The molecule has 1 aromatic carbocycles. The number of likely N-dealkylation sites (tertiary alicyclic amines) is 1. The molecule has 33 heavy (non-hydrogen) atoms. The minimum atomic E-state index is 0. The first-order valence-corrected chi connectivity index (χ1v) is 11.8. The first-order valence-electron chi connectivity index (χ1n) is 11.8. The normalized spacial score (nSPS) is 19.9. The van der Waals surface area contributed by atoms with Gasteiger partial charge in [-0.1, -0.05) is 30.3 Å². The van der Waals surface area contributed by atoms with E-state index in [0.717, 1.165) is 57.6 Å². The number of hydrogen-bond acceptors (Lipinski definition) is 5. The van der Waals surface area contributed by atoms with Crippen LogP contribution in [-0.4, -0.2) is 80.1 Å². The number of nitrogens with zero attached hydrogens (tertiary/aromatic N) is 5. The van der Waals surface area contributed by atoms with Crippen LogP contribution >= 0.6 is 24.0 Å². The van der Waals surface area contributed by atoms with Gasteiger partial charge < -0.3 is 20.4 Å². The molecule has 2 fully saturated rings. The summed E-state index contributed by atoms with van der Waals surface area (Å²) in [5.41, 5.74) is 2.61. The van der Waals surface area contributed by atoms with Crippen molar-refractivity contribution in [1.82, 2.24) is 25.4 Å². The van der Waals surface area contributed by atoms with Crippen molar-refractivity contribution >= 4 is 35.8 Å². The van der Waals surface area contributed by atoms with Crippen LogP contribution in [0.1, 0.15) is 24.0 Å². The van der Waals surface area contributed by atoms with Crippen LogP contribution in [0.25, 0.3) is 0 Å². The molecule has 1 atom stereocenters. The van der Waals surface area contributed by atoms with Crippen LogP contribution in [0.2, 0.25) is 0 Å². The first-order chi connectivity index (χ1) is 15.7. The van der Waals surface area contributed by atoms with Crippen molar-refractivity contribution in [3.8, 4) is 0 Å². The highest BCUT2D eigenvalue weighted by Crippen LogP contribution is 2.19. The molecular formula is C25H38IN7. The van der Waals surface area contributed by atoms with Crippen molar-refractivity contribution in [2.75, 3.05) is 58.3 Å². The molecule has 1 aromatic heterocycles. The second-order valence-corrected chi connectivity index (χ2v) is 8.87. The van der Waals surface area contributed by atoms with Crippen molar-refractivity contribution in [3.05, 3.63) is 59.8 Å². The van der Waals surface area contributed by atoms with Crippen LogP contribution in [0.15, 0.2) is 53.7 Å². The number of rotatable bonds is 7. The van der Waals surface area contributed by atoms with Crippen molar-refractivity contribution in [2.24, 2.45) is 4.99 Å². The lowest BCUT2D eigenvalue weighted by Gasteiger charge is -2.33. The van der Waals surface area contributed by atoms with Crippen molar-refractivity contribution in [1.29, 1.82) is 0 Å². The van der Waals surface area contributed by atoms with E-state index in [9.17, 15) is 0 Å². The minimum absolute atomic E-state index is 0. The highest BCUT2D eigenvalue weighted by atomic mass is 127. The summed E-state index contributed by atoms with van der Waals surface area (Å²) in [6.45, 7) is 8.07. The Morgan fingerprint density at radius 2 is 1.82 bits per heavy atom. The number of aliphatic imine (C=N–C) groups is 1. The third-order valence-corrected chi connectivity index (χ3v) is 6.55. The summed E-state index contributed by atoms with van der Waals surface area (Å²) < 4.78 is 0. The fourth-order valence-electron chi connectivity index (χ4n) is 4.55. The Balaban J connectivity index is 0.00000306. The lowest BCUT2D eigenvalue weighted by molar-refractivity contribution is 0.245. The zero-order chi connectivity index (χ0) is 22.2. The van der Waals surface area contributed by atoms with Crippen LogP contribution in [0.5, 0.6) is 0 Å². The average Bonchev–Trinajstić information content (AvgIpc) is 3.27. The van der Waals surface area contributed by atoms with E-state index < -0.39 is 0 Å². The highest BCUT2D eigenvalue weighted by molar-refractivity contribution is 14.0. The van der Waals surface area contributed by atoms with Gasteiger partial charge in [-0.05, 0) is 49.7 Å². The molecule has 180 valence electrons. The lowest BCUT2D eigenvalue weighted by atomic mass is 10.2. The number of aromatic nitrogens is 1. The molecule has 0 aliphatic carbocycles. The average molecular weight is 564 g/mol. The summed E-state index contributed by atoms with van der Waals surface area (Å²) in [6.07, 6.45) is 4.41. The predicted octanol–water partition coefficient (Wildman–Crippen LogP) is 2.78. The minimum Gasteiger partial charge on any atom is -0.355 e. The molecule has 0 amide bonds. The Hall–Kier alpha value is -1.91. The number of piperazine rings is 1. The molecule has 4 rings (SSSR count). The summed E-state index contributed by atoms with van der Waals surface area (Å²) >= 11 is 0. The Kier molecular flexibility index (Phi) is 10.2. The summed E-state index contributed by atoms with van der Waals surface area (Å²) in [7, 11) is 4.02. The van der Waals surface area contributed by atoms with Crippen LogP contribution in [0.3, 0.4) is 0 Å². The van der Waals surface area contributed by atoms with Crippen LogP contribution in [0.4, 0.5) is 5.82 Å². The number of pyridine rings is 1. The molecule has 0 saturated carbocycles. The molecule has 0 radical (unpaired) electrons. The van der Waals surface area contributed by atoms with Crippen LogP contribution in [0, 0.1) is 0 Å². The standard InChI is InChI=1S/C25H37N7.HI/c1-26-25(29-19-23-9-6-12-32(23)20-21-7-4-3-5-8-21)28-18-22-10-11-27-24(17-22)31-15-13-30(2)14-16-31;/h3-5,7-8,10-11,17,23H,6,9,12-16,18-20H2,1-2H3,(H2,26,28,29);1H. The highest BCUT2D eigenvalue weighted by Gasteiger charge is 2.24. The van der Waals surface area contributed by atoms with E-state index in [1.54, 1.807) is 0 Å². The largest absolute Gasteiger partial charge is 0.355 e. The second kappa shape index (κ2) is 13.1. The fraction of sp³-hybridized carbons (Fsp3) is 0.520. The maximum Gasteiger partial charge on any atom is 0.191 e. The molecular weight excluding hydrogens is 525 g/mol. The molecule has 2 aliphatic rings. The number of benzene rings is 1. The smallest absolute Gasteiger partial charge is 0.191 e. The Bertz CT molecular complexity index is 868. The van der Waals surface area contributed by atoms with E-state index in [0.29, 0.717) is 6.04 Å². The topological polar surface area (TPSA) is 59.0 Å². The van der Waals surface area contributed by atoms with Gasteiger partial charge in [-0.25, -0.2) is 4.98 Å². The molecule has 2 aliphatic heterocycles. The van der Waals surface area contributed by atoms with E-state index in [4.69, 9.17) is 0 Å². The van der Waals surface area contributed by atoms with E-state index in [2.05, 4.69) is 84.8 Å². The van der Waals surface area contributed by atoms with Gasteiger partial charge in [0.1, 0.15) is 5.82 Å². The van der Waals surface area contributed by atoms with Gasteiger partial charge in [-0.2, -0.15) is 0 Å². The molecule has 2 aromatic rings. The predicted molar refractivity (Wildman–Crippen MR) is 147 cm³/mol. The number of halogens is 1. The third-order valence-electron chi connectivity index (χ3n) is 6.55. The van der Waals surface area contributed by atoms with Gasteiger partial charge >= 0.3 is 0 Å². The maximum absolute atomic E-state index is 4.59. The van der Waals surface area contributed by atoms with E-state index >= 15 is 0 Å². The monoisotopic (exact) mass is 563 g/mol. The van der Waals surface area contributed by atoms with Gasteiger partial charge in [0.2, 0.25) is 0 Å². The lowest BCUT2D eigenvalue weighted by Crippen LogP contribution is -2.45. The molecule has 1 unspecified atom stereocenters. The summed E-state index contributed by atoms with van der Waals surface area (Å²) in [4.78, 5) is 16.4. The van der Waals surface area contributed by atoms with E-state index in [-0.39, 0.29) is 24.0 Å². The molecule has 2 saturated heterocycles. The Morgan fingerprint density at radius 3 is 2.58 bits per heavy atom. The molecule has 8 heteroatoms. The van der Waals surface area contributed by atoms with E-state index in [1.165, 1.54) is 30.5 Å². The van der Waals surface area contributed by atoms with Gasteiger partial charge in [0, 0.05) is 65.1 Å². The summed E-state index contributed by atoms with van der Waals surface area (Å²) in [6, 6.07) is 15.6. The molecule has 3 heterocycles. The molecule has 2 N–H and O–H groups in total. The van der Waals surface area contributed by atoms with Crippen LogP contribution in [-0.2, 0) is 13.1 Å². The number of anilines is 1. The van der Waals surface area contributed by atoms with Gasteiger partial charge in [0.15, 0.2) is 5.96 Å². The van der Waals surface area contributed by atoms with Crippen molar-refractivity contribution < 1.29 is 0 Å². The number of nitrogens with one attached hydrogen (secondary N) is 2.